The zero-order valence-corrected chi connectivity index (χ0v) is 10.2. The summed E-state index contributed by atoms with van der Waals surface area (Å²) in [5, 5.41) is 8.96. The van der Waals surface area contributed by atoms with E-state index in [0.717, 1.165) is 0 Å². The quantitative estimate of drug-likeness (QED) is 0.722. The van der Waals surface area contributed by atoms with Crippen LogP contribution in [-0.4, -0.2) is 39.3 Å². The monoisotopic (exact) mass is 240 g/mol. The van der Waals surface area contributed by atoms with E-state index in [1.807, 2.05) is 18.7 Å². The van der Waals surface area contributed by atoms with E-state index in [2.05, 4.69) is 9.97 Å². The molecule has 0 radical (unpaired) electrons. The van der Waals surface area contributed by atoms with Gasteiger partial charge >= 0.3 is 0 Å². The number of hydrogen-bond acceptors (Lipinski definition) is 5. The van der Waals surface area contributed by atoms with Gasteiger partial charge in [-0.05, 0) is 13.8 Å². The molecule has 0 saturated heterocycles. The normalized spacial score (nSPS) is 10.5. The van der Waals surface area contributed by atoms with Crippen molar-refractivity contribution in [3.05, 3.63) is 18.1 Å². The summed E-state index contributed by atoms with van der Waals surface area (Å²) in [6.07, 6.45) is 3.16. The molecule has 0 aliphatic heterocycles. The molecule has 1 aromatic heterocycles. The van der Waals surface area contributed by atoms with Crippen molar-refractivity contribution in [2.75, 3.05) is 18.1 Å². The first kappa shape index (κ1) is 12.8. The van der Waals surface area contributed by atoms with E-state index in [0.29, 0.717) is 18.1 Å². The molecule has 0 atom stereocenters. The summed E-state index contributed by atoms with van der Waals surface area (Å²) in [4.78, 5) is 10.5. The van der Waals surface area contributed by atoms with Crippen molar-refractivity contribution >= 4 is 23.0 Å². The number of aliphatic hydroxyl groups excluding tert-OH is 1. The summed E-state index contributed by atoms with van der Waals surface area (Å²) < 4.78 is 0. The average molecular weight is 240 g/mol. The Labute approximate surface area is 100 Å². The van der Waals surface area contributed by atoms with Gasteiger partial charge in [-0.15, -0.1) is 0 Å². The van der Waals surface area contributed by atoms with Crippen molar-refractivity contribution in [2.24, 2.45) is 5.73 Å². The highest BCUT2D eigenvalue weighted by Gasteiger charge is 2.11. The maximum absolute atomic E-state index is 8.96. The van der Waals surface area contributed by atoms with Crippen molar-refractivity contribution in [3.8, 4) is 0 Å². The number of nitrogens with zero attached hydrogens (tertiary/aromatic N) is 3. The molecule has 0 spiro atoms. The molecular formula is C10H16N4OS. The third-order valence-corrected chi connectivity index (χ3v) is 2.36. The Bertz CT molecular complexity index is 352. The Morgan fingerprint density at radius 1 is 1.50 bits per heavy atom. The van der Waals surface area contributed by atoms with Gasteiger partial charge in [-0.25, -0.2) is 9.97 Å². The van der Waals surface area contributed by atoms with Gasteiger partial charge in [0.25, 0.3) is 0 Å². The Kier molecular flexibility index (Phi) is 4.57. The Hall–Kier alpha value is -1.27. The molecule has 1 rings (SSSR count). The van der Waals surface area contributed by atoms with Crippen LogP contribution in [0.3, 0.4) is 0 Å². The molecule has 6 heteroatoms. The van der Waals surface area contributed by atoms with Gasteiger partial charge in [-0.3, -0.25) is 0 Å². The maximum atomic E-state index is 8.96. The fraction of sp³-hybridized carbons (Fsp3) is 0.500. The summed E-state index contributed by atoms with van der Waals surface area (Å²) in [6, 6.07) is 0.247. The SMILES string of the molecule is CC(C)N(CCO)c1cnc(C(N)=S)cn1. The van der Waals surface area contributed by atoms with Crippen LogP contribution in [0, 0.1) is 0 Å². The van der Waals surface area contributed by atoms with Crippen LogP contribution in [0.2, 0.25) is 0 Å². The lowest BCUT2D eigenvalue weighted by Crippen LogP contribution is -2.34. The van der Waals surface area contributed by atoms with E-state index in [1.54, 1.807) is 12.4 Å². The predicted molar refractivity (Wildman–Crippen MR) is 67.5 cm³/mol. The number of rotatable bonds is 5. The Morgan fingerprint density at radius 2 is 2.19 bits per heavy atom. The lowest BCUT2D eigenvalue weighted by Gasteiger charge is -2.26. The standard InChI is InChI=1S/C10H16N4OS/c1-7(2)14(3-4-15)9-6-12-8(5-13-9)10(11)16/h5-7,15H,3-4H2,1-2H3,(H2,11,16). The van der Waals surface area contributed by atoms with Crippen molar-refractivity contribution < 1.29 is 5.11 Å². The van der Waals surface area contributed by atoms with Crippen LogP contribution in [0.4, 0.5) is 5.82 Å². The maximum Gasteiger partial charge on any atom is 0.147 e. The van der Waals surface area contributed by atoms with Crippen molar-refractivity contribution in [3.63, 3.8) is 0 Å². The van der Waals surface area contributed by atoms with Gasteiger partial charge in [0.15, 0.2) is 0 Å². The zero-order valence-electron chi connectivity index (χ0n) is 9.42. The van der Waals surface area contributed by atoms with Crippen LogP contribution < -0.4 is 10.6 Å². The minimum atomic E-state index is 0.0803. The van der Waals surface area contributed by atoms with E-state index >= 15 is 0 Å². The largest absolute Gasteiger partial charge is 0.395 e. The molecule has 0 amide bonds. The van der Waals surface area contributed by atoms with Crippen molar-refractivity contribution in [2.45, 2.75) is 19.9 Å². The molecule has 0 fully saturated rings. The summed E-state index contributed by atoms with van der Waals surface area (Å²) in [7, 11) is 0. The van der Waals surface area contributed by atoms with Crippen LogP contribution >= 0.6 is 12.2 Å². The van der Waals surface area contributed by atoms with Crippen molar-refractivity contribution in [1.82, 2.24) is 9.97 Å². The Morgan fingerprint density at radius 3 is 2.56 bits per heavy atom. The number of aromatic nitrogens is 2. The summed E-state index contributed by atoms with van der Waals surface area (Å²) in [5.41, 5.74) is 5.94. The first-order valence-corrected chi connectivity index (χ1v) is 5.46. The summed E-state index contributed by atoms with van der Waals surface area (Å²) in [6.45, 7) is 4.66. The molecule has 1 aromatic rings. The van der Waals surface area contributed by atoms with E-state index < -0.39 is 0 Å². The van der Waals surface area contributed by atoms with Gasteiger partial charge in [0.1, 0.15) is 16.5 Å². The zero-order chi connectivity index (χ0) is 12.1. The number of nitrogens with two attached hydrogens (primary N) is 1. The van der Waals surface area contributed by atoms with Gasteiger partial charge in [0, 0.05) is 12.6 Å². The lowest BCUT2D eigenvalue weighted by atomic mass is 10.3. The second kappa shape index (κ2) is 5.72. The molecule has 0 aliphatic carbocycles. The first-order chi connectivity index (χ1) is 7.56. The molecular weight excluding hydrogens is 224 g/mol. The average Bonchev–Trinajstić information content (AvgIpc) is 2.25. The van der Waals surface area contributed by atoms with Gasteiger partial charge in [-0.2, -0.15) is 0 Å². The molecule has 5 nitrogen and oxygen atoms in total. The van der Waals surface area contributed by atoms with E-state index in [-0.39, 0.29) is 17.6 Å². The molecule has 0 aromatic carbocycles. The van der Waals surface area contributed by atoms with E-state index in [9.17, 15) is 0 Å². The molecule has 0 aliphatic rings. The Balaban J connectivity index is 2.89. The number of anilines is 1. The highest BCUT2D eigenvalue weighted by Crippen LogP contribution is 2.12. The molecule has 16 heavy (non-hydrogen) atoms. The second-order valence-electron chi connectivity index (χ2n) is 3.63. The minimum absolute atomic E-state index is 0.0803. The van der Waals surface area contributed by atoms with Crippen LogP contribution in [0.25, 0.3) is 0 Å². The molecule has 3 N–H and O–H groups in total. The van der Waals surface area contributed by atoms with Gasteiger partial charge in [-0.1, -0.05) is 12.2 Å². The third-order valence-electron chi connectivity index (χ3n) is 2.15. The fourth-order valence-electron chi connectivity index (χ4n) is 1.34. The lowest BCUT2D eigenvalue weighted by molar-refractivity contribution is 0.298. The molecule has 1 heterocycles. The number of hydrogen-bond donors (Lipinski definition) is 2. The summed E-state index contributed by atoms with van der Waals surface area (Å²) in [5.74, 6) is 0.712. The molecule has 0 bridgehead atoms. The highest BCUT2D eigenvalue weighted by atomic mass is 32.1. The predicted octanol–water partition coefficient (Wildman–Crippen LogP) is 0.318. The number of thiocarbonyl (C=S) groups is 1. The topological polar surface area (TPSA) is 75.3 Å². The van der Waals surface area contributed by atoms with Gasteiger partial charge < -0.3 is 15.7 Å². The highest BCUT2D eigenvalue weighted by molar-refractivity contribution is 7.80. The van der Waals surface area contributed by atoms with Crippen LogP contribution in [-0.2, 0) is 0 Å². The third kappa shape index (κ3) is 3.11. The van der Waals surface area contributed by atoms with Crippen LogP contribution in [0.1, 0.15) is 19.5 Å². The van der Waals surface area contributed by atoms with Crippen LogP contribution in [0.15, 0.2) is 12.4 Å². The molecule has 0 unspecified atom stereocenters. The minimum Gasteiger partial charge on any atom is -0.395 e. The second-order valence-corrected chi connectivity index (χ2v) is 4.07. The van der Waals surface area contributed by atoms with Crippen molar-refractivity contribution in [1.29, 1.82) is 0 Å². The van der Waals surface area contributed by atoms with E-state index in [4.69, 9.17) is 23.1 Å². The molecule has 0 saturated carbocycles. The first-order valence-electron chi connectivity index (χ1n) is 5.05. The number of aliphatic hydroxyl groups is 1. The van der Waals surface area contributed by atoms with Crippen LogP contribution in [0.5, 0.6) is 0 Å². The molecule has 88 valence electrons. The summed E-state index contributed by atoms with van der Waals surface area (Å²) >= 11 is 4.80. The van der Waals surface area contributed by atoms with E-state index in [1.165, 1.54) is 0 Å². The smallest absolute Gasteiger partial charge is 0.147 e. The van der Waals surface area contributed by atoms with Gasteiger partial charge in [0.05, 0.1) is 19.0 Å². The van der Waals surface area contributed by atoms with Gasteiger partial charge in [0.2, 0.25) is 0 Å². The fourth-order valence-corrected chi connectivity index (χ4v) is 1.45.